The van der Waals surface area contributed by atoms with Crippen molar-refractivity contribution in [3.63, 3.8) is 0 Å². The van der Waals surface area contributed by atoms with Gasteiger partial charge in [-0.1, -0.05) is 24.6 Å². The van der Waals surface area contributed by atoms with Gasteiger partial charge in [-0.05, 0) is 25.7 Å². The number of fused-ring (bicyclic) bond motifs is 1. The van der Waals surface area contributed by atoms with Crippen LogP contribution < -0.4 is 5.32 Å². The quantitative estimate of drug-likeness (QED) is 0.893. The number of aryl methyl sites for hydroxylation is 1. The summed E-state index contributed by atoms with van der Waals surface area (Å²) in [5.74, 6) is 2.03. The molecule has 2 unspecified atom stereocenters. The molecule has 18 heavy (non-hydrogen) atoms. The molecule has 0 amide bonds. The van der Waals surface area contributed by atoms with E-state index in [0.717, 1.165) is 23.3 Å². The fourth-order valence-electron chi connectivity index (χ4n) is 2.72. The standard InChI is InChI=1S/C13H20N4S/c1-2-17-8-11(7-14-17)15-13-16-12-6-4-3-5-10(12)9-18-13/h7-8,10,12H,2-6,9H2,1H3,(H,15,16). The maximum absolute atomic E-state index is 4.87. The SMILES string of the molecule is CCn1cc(NC2=NC3CCCCC3CS2)cn1. The van der Waals surface area contributed by atoms with Gasteiger partial charge in [-0.15, -0.1) is 0 Å². The van der Waals surface area contributed by atoms with Gasteiger partial charge in [0.2, 0.25) is 0 Å². The summed E-state index contributed by atoms with van der Waals surface area (Å²) in [6.07, 6.45) is 9.28. The maximum Gasteiger partial charge on any atom is 0.161 e. The van der Waals surface area contributed by atoms with Gasteiger partial charge >= 0.3 is 0 Å². The topological polar surface area (TPSA) is 42.2 Å². The monoisotopic (exact) mass is 264 g/mol. The van der Waals surface area contributed by atoms with Crippen molar-refractivity contribution in [2.75, 3.05) is 11.1 Å². The van der Waals surface area contributed by atoms with Crippen molar-refractivity contribution in [3.8, 4) is 0 Å². The Morgan fingerprint density at radius 3 is 3.17 bits per heavy atom. The van der Waals surface area contributed by atoms with Crippen molar-refractivity contribution in [2.45, 2.75) is 45.2 Å². The predicted molar refractivity (Wildman–Crippen MR) is 77.2 cm³/mol. The van der Waals surface area contributed by atoms with Gasteiger partial charge in [0.25, 0.3) is 0 Å². The molecule has 0 bridgehead atoms. The molecule has 2 atom stereocenters. The van der Waals surface area contributed by atoms with E-state index < -0.39 is 0 Å². The van der Waals surface area contributed by atoms with Crippen LogP contribution in [0.1, 0.15) is 32.6 Å². The van der Waals surface area contributed by atoms with Crippen molar-refractivity contribution in [1.82, 2.24) is 9.78 Å². The summed E-state index contributed by atoms with van der Waals surface area (Å²) < 4.78 is 1.93. The largest absolute Gasteiger partial charge is 0.332 e. The molecule has 1 aromatic rings. The molecule has 1 aromatic heterocycles. The molecule has 1 N–H and O–H groups in total. The number of anilines is 1. The summed E-state index contributed by atoms with van der Waals surface area (Å²) in [4.78, 5) is 4.87. The number of thioether (sulfide) groups is 1. The zero-order valence-electron chi connectivity index (χ0n) is 10.8. The third kappa shape index (κ3) is 2.55. The summed E-state index contributed by atoms with van der Waals surface area (Å²) in [5.41, 5.74) is 1.05. The first-order valence-corrected chi connectivity index (χ1v) is 7.84. The van der Waals surface area contributed by atoms with Gasteiger partial charge in [0.05, 0.1) is 17.9 Å². The van der Waals surface area contributed by atoms with Crippen LogP contribution in [0.3, 0.4) is 0 Å². The van der Waals surface area contributed by atoms with E-state index in [2.05, 4.69) is 17.3 Å². The predicted octanol–water partition coefficient (Wildman–Crippen LogP) is 2.98. The summed E-state index contributed by atoms with van der Waals surface area (Å²) in [6, 6.07) is 0.559. The second kappa shape index (κ2) is 5.34. The number of nitrogens with zero attached hydrogens (tertiary/aromatic N) is 3. The smallest absolute Gasteiger partial charge is 0.161 e. The Hall–Kier alpha value is -0.970. The van der Waals surface area contributed by atoms with Crippen molar-refractivity contribution in [1.29, 1.82) is 0 Å². The van der Waals surface area contributed by atoms with Crippen molar-refractivity contribution in [2.24, 2.45) is 10.9 Å². The van der Waals surface area contributed by atoms with Gasteiger partial charge in [-0.3, -0.25) is 9.67 Å². The molecule has 0 saturated heterocycles. The molecular formula is C13H20N4S. The molecule has 1 saturated carbocycles. The number of aromatic nitrogens is 2. The van der Waals surface area contributed by atoms with Gasteiger partial charge < -0.3 is 5.32 Å². The Kier molecular flexibility index (Phi) is 3.59. The first-order valence-electron chi connectivity index (χ1n) is 6.85. The lowest BCUT2D eigenvalue weighted by molar-refractivity contribution is 0.336. The fourth-order valence-corrected chi connectivity index (χ4v) is 3.88. The number of nitrogens with one attached hydrogen (secondary N) is 1. The summed E-state index contributed by atoms with van der Waals surface area (Å²) >= 11 is 1.86. The molecule has 1 aliphatic heterocycles. The second-order valence-electron chi connectivity index (χ2n) is 5.07. The number of rotatable bonds is 2. The van der Waals surface area contributed by atoms with E-state index in [0.29, 0.717) is 6.04 Å². The lowest BCUT2D eigenvalue weighted by Crippen LogP contribution is -2.31. The molecule has 2 heterocycles. The number of aliphatic imine (C=N–C) groups is 1. The van der Waals surface area contributed by atoms with E-state index in [1.54, 1.807) is 0 Å². The van der Waals surface area contributed by atoms with Crippen LogP contribution >= 0.6 is 11.8 Å². The van der Waals surface area contributed by atoms with E-state index in [-0.39, 0.29) is 0 Å². The lowest BCUT2D eigenvalue weighted by Gasteiger charge is -2.32. The first kappa shape index (κ1) is 12.1. The van der Waals surface area contributed by atoms with Crippen LogP contribution in [0.2, 0.25) is 0 Å². The van der Waals surface area contributed by atoms with Crippen molar-refractivity contribution in [3.05, 3.63) is 12.4 Å². The zero-order valence-corrected chi connectivity index (χ0v) is 11.6. The molecule has 4 nitrogen and oxygen atoms in total. The molecule has 0 radical (unpaired) electrons. The minimum absolute atomic E-state index is 0.559. The van der Waals surface area contributed by atoms with Gasteiger partial charge in [0, 0.05) is 18.5 Å². The average molecular weight is 264 g/mol. The fraction of sp³-hybridized carbons (Fsp3) is 0.692. The van der Waals surface area contributed by atoms with Crippen LogP contribution in [0.4, 0.5) is 5.69 Å². The summed E-state index contributed by atoms with van der Waals surface area (Å²) in [6.45, 7) is 3.00. The number of hydrogen-bond donors (Lipinski definition) is 1. The highest BCUT2D eigenvalue weighted by Crippen LogP contribution is 2.34. The Morgan fingerprint density at radius 1 is 1.44 bits per heavy atom. The molecule has 1 fully saturated rings. The van der Waals surface area contributed by atoms with Crippen molar-refractivity contribution >= 4 is 22.6 Å². The molecule has 5 heteroatoms. The van der Waals surface area contributed by atoms with Gasteiger partial charge in [-0.2, -0.15) is 5.10 Å². The minimum atomic E-state index is 0.559. The molecule has 98 valence electrons. The maximum atomic E-state index is 4.87. The van der Waals surface area contributed by atoms with Gasteiger partial charge in [0.15, 0.2) is 5.17 Å². The van der Waals surface area contributed by atoms with Crippen LogP contribution in [0.15, 0.2) is 17.4 Å². The second-order valence-corrected chi connectivity index (χ2v) is 6.08. The van der Waals surface area contributed by atoms with Crippen LogP contribution in [0.25, 0.3) is 0 Å². The molecule has 0 spiro atoms. The first-order chi connectivity index (χ1) is 8.85. The average Bonchev–Trinajstić information content (AvgIpc) is 2.86. The van der Waals surface area contributed by atoms with Crippen LogP contribution in [-0.4, -0.2) is 26.7 Å². The highest BCUT2D eigenvalue weighted by Gasteiger charge is 2.29. The molecule has 2 aliphatic rings. The van der Waals surface area contributed by atoms with Crippen LogP contribution in [0.5, 0.6) is 0 Å². The normalized spacial score (nSPS) is 27.5. The van der Waals surface area contributed by atoms with E-state index in [4.69, 9.17) is 4.99 Å². The van der Waals surface area contributed by atoms with Crippen LogP contribution in [-0.2, 0) is 6.54 Å². The third-order valence-corrected chi connectivity index (χ3v) is 4.87. The highest BCUT2D eigenvalue weighted by molar-refractivity contribution is 8.14. The minimum Gasteiger partial charge on any atom is -0.332 e. The Morgan fingerprint density at radius 2 is 2.33 bits per heavy atom. The number of hydrogen-bond acceptors (Lipinski definition) is 4. The van der Waals surface area contributed by atoms with Gasteiger partial charge in [-0.25, -0.2) is 0 Å². The summed E-state index contributed by atoms with van der Waals surface area (Å²) in [7, 11) is 0. The molecule has 0 aromatic carbocycles. The Labute approximate surface area is 112 Å². The third-order valence-electron chi connectivity index (χ3n) is 3.79. The van der Waals surface area contributed by atoms with Crippen molar-refractivity contribution < 1.29 is 0 Å². The van der Waals surface area contributed by atoms with E-state index >= 15 is 0 Å². The molecule has 1 aliphatic carbocycles. The zero-order chi connectivity index (χ0) is 12.4. The van der Waals surface area contributed by atoms with E-state index in [1.807, 2.05) is 28.8 Å². The number of amidine groups is 1. The van der Waals surface area contributed by atoms with Crippen LogP contribution in [0, 0.1) is 5.92 Å². The Bertz CT molecular complexity index is 440. The molecule has 3 rings (SSSR count). The molecular weight excluding hydrogens is 244 g/mol. The highest BCUT2D eigenvalue weighted by atomic mass is 32.2. The van der Waals surface area contributed by atoms with E-state index in [1.165, 1.54) is 31.4 Å². The van der Waals surface area contributed by atoms with Gasteiger partial charge in [0.1, 0.15) is 0 Å². The van der Waals surface area contributed by atoms with E-state index in [9.17, 15) is 0 Å². The Balaban J connectivity index is 1.67. The summed E-state index contributed by atoms with van der Waals surface area (Å²) in [5, 5.41) is 8.75. The lowest BCUT2D eigenvalue weighted by atomic mass is 9.86.